The van der Waals surface area contributed by atoms with Crippen LogP contribution in [0.5, 0.6) is 0 Å². The molecule has 0 fully saturated rings. The average molecular weight is 345 g/mol. The van der Waals surface area contributed by atoms with Crippen LogP contribution in [0.3, 0.4) is 0 Å². The van der Waals surface area contributed by atoms with Gasteiger partial charge in [0.2, 0.25) is 11.8 Å². The van der Waals surface area contributed by atoms with Crippen LogP contribution >= 0.6 is 11.6 Å². The first-order valence-electron chi connectivity index (χ1n) is 7.73. The molecule has 0 N–H and O–H groups in total. The first-order chi connectivity index (χ1) is 10.9. The second-order valence-electron chi connectivity index (χ2n) is 6.07. The molecule has 6 nitrogen and oxygen atoms in total. The van der Waals surface area contributed by atoms with Crippen molar-refractivity contribution >= 4 is 23.5 Å². The lowest BCUT2D eigenvalue weighted by Crippen LogP contribution is -2.42. The molecule has 0 saturated heterocycles. The van der Waals surface area contributed by atoms with Gasteiger partial charge in [-0.2, -0.15) is 0 Å². The van der Waals surface area contributed by atoms with Crippen LogP contribution in [0.4, 0.5) is 0 Å². The molecule has 0 aliphatic rings. The molecule has 0 aliphatic heterocycles. The van der Waals surface area contributed by atoms with Crippen molar-refractivity contribution in [3.05, 3.63) is 17.8 Å². The molecular formula is C16H25ClN2O4. The molecule has 0 unspecified atom stereocenters. The molecule has 0 spiro atoms. The van der Waals surface area contributed by atoms with E-state index in [-0.39, 0.29) is 24.0 Å². The maximum absolute atomic E-state index is 12.7. The number of aromatic nitrogens is 1. The summed E-state index contributed by atoms with van der Waals surface area (Å²) in [5.74, 6) is -0.0817. The van der Waals surface area contributed by atoms with E-state index >= 15 is 0 Å². The van der Waals surface area contributed by atoms with Crippen LogP contribution in [0.25, 0.3) is 0 Å². The van der Waals surface area contributed by atoms with Crippen molar-refractivity contribution in [3.63, 3.8) is 0 Å². The summed E-state index contributed by atoms with van der Waals surface area (Å²) in [6.07, 6.45) is 4.23. The molecular weight excluding hydrogens is 320 g/mol. The van der Waals surface area contributed by atoms with Crippen LogP contribution in [-0.2, 0) is 16.1 Å². The number of hydrogen-bond acceptors (Lipinski definition) is 5. The van der Waals surface area contributed by atoms with Crippen molar-refractivity contribution in [3.8, 4) is 0 Å². The summed E-state index contributed by atoms with van der Waals surface area (Å²) < 4.78 is 9.88. The van der Waals surface area contributed by atoms with Crippen molar-refractivity contribution in [1.29, 1.82) is 0 Å². The third kappa shape index (κ3) is 5.53. The van der Waals surface area contributed by atoms with Gasteiger partial charge >= 0.3 is 5.97 Å². The van der Waals surface area contributed by atoms with Crippen LogP contribution in [0, 0.1) is 5.41 Å². The smallest absolute Gasteiger partial charge is 0.360 e. The van der Waals surface area contributed by atoms with E-state index in [1.807, 2.05) is 13.8 Å². The second-order valence-corrected chi connectivity index (χ2v) is 6.34. The van der Waals surface area contributed by atoms with E-state index in [1.165, 1.54) is 13.4 Å². The van der Waals surface area contributed by atoms with Gasteiger partial charge in [-0.1, -0.05) is 19.8 Å². The Balaban J connectivity index is 2.85. The number of rotatable bonds is 9. The van der Waals surface area contributed by atoms with E-state index < -0.39 is 11.4 Å². The Bertz CT molecular complexity index is 528. The van der Waals surface area contributed by atoms with Crippen molar-refractivity contribution in [2.75, 3.05) is 19.5 Å². The van der Waals surface area contributed by atoms with E-state index in [0.717, 1.165) is 19.3 Å². The lowest BCUT2D eigenvalue weighted by molar-refractivity contribution is -0.140. The highest BCUT2D eigenvalue weighted by molar-refractivity contribution is 6.19. The molecule has 0 radical (unpaired) electrons. The zero-order valence-corrected chi connectivity index (χ0v) is 15.0. The lowest BCUT2D eigenvalue weighted by Gasteiger charge is -2.29. The van der Waals surface area contributed by atoms with Crippen molar-refractivity contribution in [2.45, 2.75) is 46.6 Å². The summed E-state index contributed by atoms with van der Waals surface area (Å²) in [7, 11) is 1.28. The first-order valence-corrected chi connectivity index (χ1v) is 8.27. The number of methoxy groups -OCH3 is 1. The number of ether oxygens (including phenoxy) is 1. The molecule has 0 aromatic carbocycles. The molecule has 1 amide bonds. The summed E-state index contributed by atoms with van der Waals surface area (Å²) in [4.78, 5) is 29.8. The van der Waals surface area contributed by atoms with Gasteiger partial charge in [-0.3, -0.25) is 4.79 Å². The van der Waals surface area contributed by atoms with Gasteiger partial charge in [0.1, 0.15) is 6.26 Å². The Morgan fingerprint density at radius 3 is 2.65 bits per heavy atom. The van der Waals surface area contributed by atoms with Gasteiger partial charge in [0.05, 0.1) is 19.1 Å². The van der Waals surface area contributed by atoms with Gasteiger partial charge in [-0.25, -0.2) is 9.78 Å². The minimum atomic E-state index is -0.661. The number of carbonyl (C=O) groups is 2. The van der Waals surface area contributed by atoms with Gasteiger partial charge in [0, 0.05) is 12.4 Å². The van der Waals surface area contributed by atoms with Gasteiger partial charge in [0.15, 0.2) is 5.69 Å². The van der Waals surface area contributed by atoms with Gasteiger partial charge in [-0.05, 0) is 20.3 Å². The normalized spacial score (nSPS) is 11.3. The van der Waals surface area contributed by atoms with E-state index in [1.54, 1.807) is 4.90 Å². The number of unbranched alkanes of at least 4 members (excludes halogenated alkanes) is 2. The molecule has 1 rings (SSSR count). The number of alkyl halides is 1. The topological polar surface area (TPSA) is 72.6 Å². The van der Waals surface area contributed by atoms with Crippen LogP contribution in [0.15, 0.2) is 10.7 Å². The number of nitrogens with zero attached hydrogens (tertiary/aromatic N) is 2. The van der Waals surface area contributed by atoms with Gasteiger partial charge in [0.25, 0.3) is 0 Å². The lowest BCUT2D eigenvalue weighted by atomic mass is 9.94. The van der Waals surface area contributed by atoms with Gasteiger partial charge in [-0.15, -0.1) is 11.6 Å². The first kappa shape index (κ1) is 19.5. The van der Waals surface area contributed by atoms with E-state index in [2.05, 4.69) is 16.6 Å². The van der Waals surface area contributed by atoms with Crippen molar-refractivity contribution in [1.82, 2.24) is 9.88 Å². The quantitative estimate of drug-likeness (QED) is 0.390. The number of carbonyl (C=O) groups excluding carboxylic acids is 2. The molecule has 0 atom stereocenters. The number of hydrogen-bond donors (Lipinski definition) is 0. The fraction of sp³-hybridized carbons (Fsp3) is 0.688. The maximum Gasteiger partial charge on any atom is 0.360 e. The molecule has 23 heavy (non-hydrogen) atoms. The Morgan fingerprint density at radius 1 is 1.39 bits per heavy atom. The van der Waals surface area contributed by atoms with E-state index in [4.69, 9.17) is 16.0 Å². The predicted octanol–water partition coefficient (Wildman–Crippen LogP) is 3.25. The Morgan fingerprint density at radius 2 is 2.09 bits per heavy atom. The van der Waals surface area contributed by atoms with Crippen LogP contribution in [0.2, 0.25) is 0 Å². The predicted molar refractivity (Wildman–Crippen MR) is 87.3 cm³/mol. The summed E-state index contributed by atoms with van der Waals surface area (Å²) in [6.45, 7) is 6.53. The third-order valence-electron chi connectivity index (χ3n) is 3.50. The van der Waals surface area contributed by atoms with Crippen molar-refractivity contribution in [2.24, 2.45) is 5.41 Å². The number of oxazole rings is 1. The Kier molecular flexibility index (Phi) is 7.55. The second kappa shape index (κ2) is 8.91. The maximum atomic E-state index is 12.7. The Labute approximate surface area is 142 Å². The molecule has 0 saturated carbocycles. The van der Waals surface area contributed by atoms with Crippen molar-refractivity contribution < 1.29 is 18.7 Å². The summed E-state index contributed by atoms with van der Waals surface area (Å²) in [5.41, 5.74) is -0.564. The number of esters is 1. The van der Waals surface area contributed by atoms with Crippen LogP contribution < -0.4 is 0 Å². The number of halogens is 1. The molecule has 7 heteroatoms. The highest BCUT2D eigenvalue weighted by Crippen LogP contribution is 2.22. The molecule has 1 aromatic rings. The SMILES string of the molecule is CCCCCN(Cc1nc(C(=O)OC)co1)C(=O)C(C)(C)CCl. The standard InChI is InChI=1S/C16H25ClN2O4/c1-5-6-7-8-19(15(21)16(2,3)11-17)9-13-18-12(10-23-13)14(20)22-4/h10H,5-9,11H2,1-4H3. The fourth-order valence-electron chi connectivity index (χ4n) is 2.04. The van der Waals surface area contributed by atoms with E-state index in [9.17, 15) is 9.59 Å². The zero-order chi connectivity index (χ0) is 17.5. The molecule has 1 heterocycles. The molecule has 0 aliphatic carbocycles. The summed E-state index contributed by atoms with van der Waals surface area (Å²) >= 11 is 5.91. The minimum absolute atomic E-state index is 0.0542. The highest BCUT2D eigenvalue weighted by atomic mass is 35.5. The van der Waals surface area contributed by atoms with Crippen LogP contribution in [0.1, 0.15) is 56.4 Å². The number of amides is 1. The average Bonchev–Trinajstić information content (AvgIpc) is 3.01. The summed E-state index contributed by atoms with van der Waals surface area (Å²) in [6, 6.07) is 0. The third-order valence-corrected chi connectivity index (χ3v) is 4.17. The monoisotopic (exact) mass is 344 g/mol. The largest absolute Gasteiger partial charge is 0.464 e. The summed E-state index contributed by atoms with van der Waals surface area (Å²) in [5, 5.41) is 0. The zero-order valence-electron chi connectivity index (χ0n) is 14.2. The fourth-order valence-corrected chi connectivity index (χ4v) is 2.15. The van der Waals surface area contributed by atoms with E-state index in [0.29, 0.717) is 12.4 Å². The Hall–Kier alpha value is -1.56. The minimum Gasteiger partial charge on any atom is -0.464 e. The van der Waals surface area contributed by atoms with Crippen LogP contribution in [-0.4, -0.2) is 41.3 Å². The molecule has 1 aromatic heterocycles. The highest BCUT2D eigenvalue weighted by Gasteiger charge is 2.32. The molecule has 0 bridgehead atoms. The molecule has 130 valence electrons. The van der Waals surface area contributed by atoms with Gasteiger partial charge < -0.3 is 14.1 Å².